The topological polar surface area (TPSA) is 51.8 Å². The van der Waals surface area contributed by atoms with Gasteiger partial charge in [-0.05, 0) is 6.07 Å². The highest BCUT2D eigenvalue weighted by Gasteiger charge is 2.29. The van der Waals surface area contributed by atoms with Gasteiger partial charge in [0.05, 0.1) is 19.1 Å². The lowest BCUT2D eigenvalue weighted by molar-refractivity contribution is -0.243. The third kappa shape index (κ3) is 2.99. The van der Waals surface area contributed by atoms with Crippen LogP contribution in [0.2, 0.25) is 0 Å². The molecule has 0 saturated carbocycles. The summed E-state index contributed by atoms with van der Waals surface area (Å²) in [5, 5.41) is 9.94. The average molecular weight is 272 g/mol. The summed E-state index contributed by atoms with van der Waals surface area (Å²) in [6, 6.07) is 11.5. The lowest BCUT2D eigenvalue weighted by atomic mass is 10.1. The summed E-state index contributed by atoms with van der Waals surface area (Å²) in [5.74, 6) is 0. The summed E-state index contributed by atoms with van der Waals surface area (Å²) in [5.41, 5.74) is 1.88. The first-order valence-corrected chi connectivity index (χ1v) is 6.53. The van der Waals surface area contributed by atoms with Gasteiger partial charge in [0.15, 0.2) is 6.29 Å². The van der Waals surface area contributed by atoms with E-state index in [1.54, 1.807) is 12.5 Å². The molecule has 0 bridgehead atoms. The number of rotatable bonds is 3. The van der Waals surface area contributed by atoms with Crippen LogP contribution in [0.1, 0.15) is 17.4 Å². The fourth-order valence-electron chi connectivity index (χ4n) is 2.09. The number of ether oxygens (including phenoxy) is 2. The van der Waals surface area contributed by atoms with E-state index in [0.29, 0.717) is 0 Å². The highest BCUT2D eigenvalue weighted by atomic mass is 16.7. The van der Waals surface area contributed by atoms with Gasteiger partial charge in [-0.1, -0.05) is 42.5 Å². The maximum Gasteiger partial charge on any atom is 0.184 e. The Kier molecular flexibility index (Phi) is 3.97. The summed E-state index contributed by atoms with van der Waals surface area (Å²) < 4.78 is 16.3. The first-order chi connectivity index (χ1) is 9.83. The van der Waals surface area contributed by atoms with Crippen LogP contribution >= 0.6 is 0 Å². The molecular formula is C16H16O4. The van der Waals surface area contributed by atoms with E-state index in [1.807, 2.05) is 48.6 Å². The van der Waals surface area contributed by atoms with E-state index in [1.165, 1.54) is 0 Å². The zero-order valence-corrected chi connectivity index (χ0v) is 10.9. The van der Waals surface area contributed by atoms with Gasteiger partial charge in [0, 0.05) is 11.1 Å². The van der Waals surface area contributed by atoms with Crippen molar-refractivity contribution in [1.29, 1.82) is 0 Å². The average Bonchev–Trinajstić information content (AvgIpc) is 3.01. The van der Waals surface area contributed by atoms with Gasteiger partial charge in [0.2, 0.25) is 0 Å². The maximum absolute atomic E-state index is 9.94. The fourth-order valence-corrected chi connectivity index (χ4v) is 2.09. The zero-order chi connectivity index (χ0) is 13.8. The molecule has 4 heteroatoms. The predicted octanol–water partition coefficient (Wildman–Crippen LogP) is 2.77. The Morgan fingerprint density at radius 2 is 2.00 bits per heavy atom. The van der Waals surface area contributed by atoms with Gasteiger partial charge in [-0.25, -0.2) is 0 Å². The molecule has 1 aromatic heterocycles. The van der Waals surface area contributed by atoms with E-state index in [9.17, 15) is 5.11 Å². The second-order valence-electron chi connectivity index (χ2n) is 4.66. The Labute approximate surface area is 117 Å². The van der Waals surface area contributed by atoms with Crippen LogP contribution in [-0.2, 0) is 9.47 Å². The summed E-state index contributed by atoms with van der Waals surface area (Å²) in [7, 11) is 0. The summed E-state index contributed by atoms with van der Waals surface area (Å²) >= 11 is 0. The third-order valence-corrected chi connectivity index (χ3v) is 3.17. The van der Waals surface area contributed by atoms with Crippen molar-refractivity contribution in [2.45, 2.75) is 18.5 Å². The standard InChI is InChI=1S/C16H16O4/c17-14-11-19-16(13-4-2-1-3-5-13)20-15(14)7-6-12-8-9-18-10-12/h1-10,14-17H,11H2/b7-6-/t14-,15+,16?/m1/s1. The number of furan rings is 1. The van der Waals surface area contributed by atoms with Crippen LogP contribution in [-0.4, -0.2) is 23.9 Å². The number of hydrogen-bond acceptors (Lipinski definition) is 4. The van der Waals surface area contributed by atoms with Crippen molar-refractivity contribution in [3.05, 3.63) is 66.1 Å². The van der Waals surface area contributed by atoms with Gasteiger partial charge < -0.3 is 19.0 Å². The molecule has 2 aromatic rings. The minimum absolute atomic E-state index is 0.250. The molecule has 20 heavy (non-hydrogen) atoms. The highest BCUT2D eigenvalue weighted by Crippen LogP contribution is 2.27. The van der Waals surface area contributed by atoms with Crippen molar-refractivity contribution in [1.82, 2.24) is 0 Å². The van der Waals surface area contributed by atoms with Gasteiger partial charge in [-0.15, -0.1) is 0 Å². The van der Waals surface area contributed by atoms with Crippen molar-refractivity contribution in [2.24, 2.45) is 0 Å². The molecule has 1 aromatic carbocycles. The van der Waals surface area contributed by atoms with Gasteiger partial charge in [0.25, 0.3) is 0 Å². The van der Waals surface area contributed by atoms with Gasteiger partial charge >= 0.3 is 0 Å². The van der Waals surface area contributed by atoms with Crippen LogP contribution in [0.4, 0.5) is 0 Å². The predicted molar refractivity (Wildman–Crippen MR) is 73.8 cm³/mol. The maximum atomic E-state index is 9.94. The quantitative estimate of drug-likeness (QED) is 0.933. The van der Waals surface area contributed by atoms with Crippen LogP contribution in [0.5, 0.6) is 0 Å². The minimum Gasteiger partial charge on any atom is -0.472 e. The second-order valence-corrected chi connectivity index (χ2v) is 4.66. The van der Waals surface area contributed by atoms with Gasteiger partial charge in [-0.3, -0.25) is 0 Å². The monoisotopic (exact) mass is 272 g/mol. The molecule has 0 radical (unpaired) electrons. The smallest absolute Gasteiger partial charge is 0.184 e. The van der Waals surface area contributed by atoms with Crippen LogP contribution < -0.4 is 0 Å². The van der Waals surface area contributed by atoms with Crippen molar-refractivity contribution in [3.8, 4) is 0 Å². The molecule has 0 spiro atoms. The van der Waals surface area contributed by atoms with Gasteiger partial charge in [-0.2, -0.15) is 0 Å². The Morgan fingerprint density at radius 3 is 2.75 bits per heavy atom. The fraction of sp³-hybridized carbons (Fsp3) is 0.250. The lowest BCUT2D eigenvalue weighted by Crippen LogP contribution is -2.39. The first kappa shape index (κ1) is 13.1. The van der Waals surface area contributed by atoms with E-state index in [2.05, 4.69) is 0 Å². The van der Waals surface area contributed by atoms with E-state index in [0.717, 1.165) is 11.1 Å². The lowest BCUT2D eigenvalue weighted by Gasteiger charge is -2.32. The summed E-state index contributed by atoms with van der Waals surface area (Å²) in [4.78, 5) is 0. The molecule has 3 rings (SSSR count). The molecule has 1 aliphatic rings. The molecule has 1 fully saturated rings. The first-order valence-electron chi connectivity index (χ1n) is 6.53. The molecule has 1 saturated heterocycles. The van der Waals surface area contributed by atoms with E-state index in [-0.39, 0.29) is 6.61 Å². The second kappa shape index (κ2) is 6.05. The van der Waals surface area contributed by atoms with Crippen LogP contribution in [0.15, 0.2) is 59.4 Å². The Balaban J connectivity index is 1.70. The number of aliphatic hydroxyl groups excluding tert-OH is 1. The molecule has 1 unspecified atom stereocenters. The number of aliphatic hydroxyl groups is 1. The van der Waals surface area contributed by atoms with E-state index in [4.69, 9.17) is 13.9 Å². The molecular weight excluding hydrogens is 256 g/mol. The normalized spacial score (nSPS) is 26.9. The Hall–Kier alpha value is -1.88. The van der Waals surface area contributed by atoms with Gasteiger partial charge in [0.1, 0.15) is 12.2 Å². The zero-order valence-electron chi connectivity index (χ0n) is 10.9. The molecule has 2 heterocycles. The molecule has 0 amide bonds. The molecule has 1 N–H and O–H groups in total. The van der Waals surface area contributed by atoms with E-state index >= 15 is 0 Å². The number of benzene rings is 1. The van der Waals surface area contributed by atoms with Crippen LogP contribution in [0.25, 0.3) is 6.08 Å². The highest BCUT2D eigenvalue weighted by molar-refractivity contribution is 5.47. The largest absolute Gasteiger partial charge is 0.472 e. The molecule has 3 atom stereocenters. The van der Waals surface area contributed by atoms with Crippen molar-refractivity contribution >= 4 is 6.08 Å². The van der Waals surface area contributed by atoms with E-state index < -0.39 is 18.5 Å². The molecule has 1 aliphatic heterocycles. The minimum atomic E-state index is -0.668. The SMILES string of the molecule is O[C@@H]1COC(c2ccccc2)O[C@H]1/C=C\c1ccoc1. The molecule has 104 valence electrons. The molecule has 0 aliphatic carbocycles. The van der Waals surface area contributed by atoms with Crippen molar-refractivity contribution < 1.29 is 19.0 Å². The van der Waals surface area contributed by atoms with Crippen LogP contribution in [0.3, 0.4) is 0 Å². The summed E-state index contributed by atoms with van der Waals surface area (Å²) in [6.07, 6.45) is 5.42. The third-order valence-electron chi connectivity index (χ3n) is 3.17. The summed E-state index contributed by atoms with van der Waals surface area (Å²) in [6.45, 7) is 0.250. The van der Waals surface area contributed by atoms with Crippen molar-refractivity contribution in [2.75, 3.05) is 6.61 Å². The Morgan fingerprint density at radius 1 is 1.15 bits per heavy atom. The molecule has 4 nitrogen and oxygen atoms in total. The Bertz CT molecular complexity index is 547. The van der Waals surface area contributed by atoms with Crippen molar-refractivity contribution in [3.63, 3.8) is 0 Å². The number of hydrogen-bond donors (Lipinski definition) is 1. The van der Waals surface area contributed by atoms with Crippen LogP contribution in [0, 0.1) is 0 Å².